The summed E-state index contributed by atoms with van der Waals surface area (Å²) in [5.74, 6) is 0.763. The third-order valence-electron chi connectivity index (χ3n) is 4.69. The minimum atomic E-state index is -0.140. The van der Waals surface area contributed by atoms with Crippen molar-refractivity contribution in [1.82, 2.24) is 20.4 Å². The fourth-order valence-electron chi connectivity index (χ4n) is 2.75. The van der Waals surface area contributed by atoms with Crippen molar-refractivity contribution in [1.29, 1.82) is 0 Å². The molecule has 1 aliphatic carbocycles. The van der Waals surface area contributed by atoms with Gasteiger partial charge in [-0.15, -0.1) is 0 Å². The summed E-state index contributed by atoms with van der Waals surface area (Å²) in [5.41, 5.74) is 2.34. The number of aromatic amines is 1. The van der Waals surface area contributed by atoms with Crippen LogP contribution in [0.15, 0.2) is 0 Å². The van der Waals surface area contributed by atoms with Crippen LogP contribution in [0.2, 0.25) is 0 Å². The lowest BCUT2D eigenvalue weighted by molar-refractivity contribution is -0.133. The van der Waals surface area contributed by atoms with E-state index < -0.39 is 0 Å². The van der Waals surface area contributed by atoms with Gasteiger partial charge in [-0.25, -0.2) is 0 Å². The molecular formula is C16H24N4O2. The number of nitrogens with one attached hydrogen (secondary N) is 2. The highest BCUT2D eigenvalue weighted by Crippen LogP contribution is 2.33. The van der Waals surface area contributed by atoms with Crippen LogP contribution in [0.25, 0.3) is 0 Å². The van der Waals surface area contributed by atoms with E-state index in [9.17, 15) is 9.59 Å². The molecule has 2 heterocycles. The quantitative estimate of drug-likeness (QED) is 0.865. The lowest BCUT2D eigenvalue weighted by Gasteiger charge is -2.27. The molecule has 0 spiro atoms. The lowest BCUT2D eigenvalue weighted by atomic mass is 10.0. The Hall–Kier alpha value is -1.85. The molecule has 0 bridgehead atoms. The average Bonchev–Trinajstić information content (AvgIpc) is 3.30. The summed E-state index contributed by atoms with van der Waals surface area (Å²) in [6.45, 7) is 6.10. The van der Waals surface area contributed by atoms with Gasteiger partial charge in [0, 0.05) is 43.2 Å². The van der Waals surface area contributed by atoms with Crippen LogP contribution in [0.5, 0.6) is 0 Å². The monoisotopic (exact) mass is 304 g/mol. The smallest absolute Gasteiger partial charge is 0.272 e. The molecule has 0 saturated heterocycles. The Morgan fingerprint density at radius 3 is 2.91 bits per heavy atom. The van der Waals surface area contributed by atoms with Crippen LogP contribution in [-0.4, -0.2) is 40.0 Å². The number of carbonyl (C=O) groups excluding carboxylic acids is 2. The van der Waals surface area contributed by atoms with Crippen molar-refractivity contribution in [2.45, 2.75) is 46.1 Å². The number of fused-ring (bicyclic) bond motifs is 1. The minimum Gasteiger partial charge on any atom is -0.350 e. The Bertz CT molecular complexity index is 577. The van der Waals surface area contributed by atoms with Crippen LogP contribution in [-0.2, 0) is 17.8 Å². The molecule has 0 aromatic carbocycles. The maximum atomic E-state index is 12.3. The standard InChI is InChI=1S/C16H24N4O2/c1-3-10(2)8-17-15(21)14-12-9-20(16(22)11-4-5-11)7-6-13(12)18-19-14/h10-11H,3-9H2,1-2H3,(H,17,21)(H,18,19). The molecule has 3 rings (SSSR count). The highest BCUT2D eigenvalue weighted by atomic mass is 16.2. The maximum absolute atomic E-state index is 12.3. The first-order valence-electron chi connectivity index (χ1n) is 8.23. The number of hydrogen-bond donors (Lipinski definition) is 2. The van der Waals surface area contributed by atoms with Crippen molar-refractivity contribution >= 4 is 11.8 Å². The van der Waals surface area contributed by atoms with Gasteiger partial charge in [0.05, 0.1) is 0 Å². The molecule has 2 N–H and O–H groups in total. The van der Waals surface area contributed by atoms with E-state index >= 15 is 0 Å². The first-order valence-corrected chi connectivity index (χ1v) is 8.23. The number of amides is 2. The molecule has 1 atom stereocenters. The van der Waals surface area contributed by atoms with Gasteiger partial charge in [0.2, 0.25) is 5.91 Å². The third kappa shape index (κ3) is 3.00. The van der Waals surface area contributed by atoms with Crippen LogP contribution >= 0.6 is 0 Å². The number of hydrogen-bond acceptors (Lipinski definition) is 3. The third-order valence-corrected chi connectivity index (χ3v) is 4.69. The lowest BCUT2D eigenvalue weighted by Crippen LogP contribution is -2.38. The van der Waals surface area contributed by atoms with Crippen molar-refractivity contribution in [3.8, 4) is 0 Å². The summed E-state index contributed by atoms with van der Waals surface area (Å²) in [5, 5.41) is 10.1. The predicted molar refractivity (Wildman–Crippen MR) is 82.2 cm³/mol. The van der Waals surface area contributed by atoms with Gasteiger partial charge in [-0.3, -0.25) is 14.7 Å². The number of nitrogens with zero attached hydrogens (tertiary/aromatic N) is 2. The van der Waals surface area contributed by atoms with E-state index in [1.807, 2.05) is 4.90 Å². The Balaban J connectivity index is 1.68. The molecule has 2 amide bonds. The van der Waals surface area contributed by atoms with Crippen LogP contribution in [0, 0.1) is 11.8 Å². The highest BCUT2D eigenvalue weighted by molar-refractivity contribution is 5.94. The number of rotatable bonds is 5. The van der Waals surface area contributed by atoms with Crippen molar-refractivity contribution < 1.29 is 9.59 Å². The number of carbonyl (C=O) groups is 2. The Labute approximate surface area is 130 Å². The van der Waals surface area contributed by atoms with E-state index in [-0.39, 0.29) is 17.7 Å². The molecule has 1 unspecified atom stereocenters. The molecule has 120 valence electrons. The molecule has 1 aromatic rings. The van der Waals surface area contributed by atoms with Crippen molar-refractivity contribution in [3.05, 3.63) is 17.0 Å². The van der Waals surface area contributed by atoms with E-state index in [1.165, 1.54) is 0 Å². The zero-order chi connectivity index (χ0) is 15.7. The van der Waals surface area contributed by atoms with Gasteiger partial charge in [-0.1, -0.05) is 20.3 Å². The normalized spacial score (nSPS) is 18.7. The van der Waals surface area contributed by atoms with Gasteiger partial charge in [0.25, 0.3) is 5.91 Å². The van der Waals surface area contributed by atoms with Crippen molar-refractivity contribution in [2.75, 3.05) is 13.1 Å². The van der Waals surface area contributed by atoms with Crippen LogP contribution < -0.4 is 5.32 Å². The van der Waals surface area contributed by atoms with Gasteiger partial charge >= 0.3 is 0 Å². The fraction of sp³-hybridized carbons (Fsp3) is 0.688. The maximum Gasteiger partial charge on any atom is 0.272 e. The molecule has 1 aliphatic heterocycles. The Morgan fingerprint density at radius 2 is 2.23 bits per heavy atom. The van der Waals surface area contributed by atoms with E-state index in [1.54, 1.807) is 0 Å². The van der Waals surface area contributed by atoms with Crippen LogP contribution in [0.4, 0.5) is 0 Å². The molecule has 22 heavy (non-hydrogen) atoms. The molecule has 0 radical (unpaired) electrons. The minimum absolute atomic E-state index is 0.140. The van der Waals surface area contributed by atoms with Gasteiger partial charge in [-0.2, -0.15) is 5.10 Å². The molecular weight excluding hydrogens is 280 g/mol. The van der Waals surface area contributed by atoms with Crippen LogP contribution in [0.1, 0.15) is 54.9 Å². The summed E-state index contributed by atoms with van der Waals surface area (Å²) >= 11 is 0. The zero-order valence-corrected chi connectivity index (χ0v) is 13.3. The topological polar surface area (TPSA) is 78.1 Å². The Kier molecular flexibility index (Phi) is 4.18. The molecule has 2 aliphatic rings. The number of H-pyrrole nitrogens is 1. The summed E-state index contributed by atoms with van der Waals surface area (Å²) in [6.07, 6.45) is 3.80. The molecule has 6 heteroatoms. The predicted octanol–water partition coefficient (Wildman–Crippen LogP) is 1.48. The molecule has 6 nitrogen and oxygen atoms in total. The zero-order valence-electron chi connectivity index (χ0n) is 13.3. The van der Waals surface area contributed by atoms with Gasteiger partial charge < -0.3 is 10.2 Å². The second-order valence-corrected chi connectivity index (χ2v) is 6.54. The molecule has 1 saturated carbocycles. The van der Waals surface area contributed by atoms with E-state index in [2.05, 4.69) is 29.4 Å². The molecule has 1 fully saturated rings. The second-order valence-electron chi connectivity index (χ2n) is 6.54. The van der Waals surface area contributed by atoms with E-state index in [0.29, 0.717) is 24.7 Å². The Morgan fingerprint density at radius 1 is 1.45 bits per heavy atom. The summed E-state index contributed by atoms with van der Waals surface area (Å²) in [6, 6.07) is 0. The van der Waals surface area contributed by atoms with Crippen LogP contribution in [0.3, 0.4) is 0 Å². The first-order chi connectivity index (χ1) is 10.6. The molecule has 1 aromatic heterocycles. The highest BCUT2D eigenvalue weighted by Gasteiger charge is 2.36. The largest absolute Gasteiger partial charge is 0.350 e. The number of aromatic nitrogens is 2. The summed E-state index contributed by atoms with van der Waals surface area (Å²) < 4.78 is 0. The fourth-order valence-corrected chi connectivity index (χ4v) is 2.75. The van der Waals surface area contributed by atoms with E-state index in [0.717, 1.165) is 43.5 Å². The van der Waals surface area contributed by atoms with Crippen molar-refractivity contribution in [2.24, 2.45) is 11.8 Å². The average molecular weight is 304 g/mol. The van der Waals surface area contributed by atoms with Gasteiger partial charge in [0.15, 0.2) is 5.69 Å². The summed E-state index contributed by atoms with van der Waals surface area (Å²) in [7, 11) is 0. The second kappa shape index (κ2) is 6.10. The first kappa shape index (κ1) is 15.1. The summed E-state index contributed by atoms with van der Waals surface area (Å²) in [4.78, 5) is 26.4. The van der Waals surface area contributed by atoms with Crippen molar-refractivity contribution in [3.63, 3.8) is 0 Å². The van der Waals surface area contributed by atoms with E-state index in [4.69, 9.17) is 0 Å². The SMILES string of the molecule is CCC(C)CNC(=O)c1n[nH]c2c1CN(C(=O)C1CC1)CC2. The van der Waals surface area contributed by atoms with Gasteiger partial charge in [-0.05, 0) is 18.8 Å². The van der Waals surface area contributed by atoms with Gasteiger partial charge in [0.1, 0.15) is 0 Å².